The second-order valence-electron chi connectivity index (χ2n) is 7.29. The smallest absolute Gasteiger partial charge is 0.330 e. The molecule has 6 atom stereocenters. The molecule has 1 aliphatic rings. The number of nitrogens with two attached hydrogens (primary N) is 1. The fraction of sp³-hybridized carbons (Fsp3) is 0.368. The number of aromatic amines is 1. The number of H-pyrrole nitrogens is 1. The fourth-order valence-electron chi connectivity index (χ4n) is 3.34. The Hall–Kier alpha value is -3.52. The van der Waals surface area contributed by atoms with Gasteiger partial charge in [-0.25, -0.2) is 9.59 Å². The maximum Gasteiger partial charge on any atom is 0.330 e. The first-order chi connectivity index (χ1) is 15.1. The van der Waals surface area contributed by atoms with Crippen LogP contribution < -0.4 is 22.3 Å². The van der Waals surface area contributed by atoms with Crippen LogP contribution in [0.15, 0.2) is 46.1 Å². The van der Waals surface area contributed by atoms with E-state index in [0.717, 1.165) is 16.8 Å². The molecule has 0 radical (unpaired) electrons. The summed E-state index contributed by atoms with van der Waals surface area (Å²) in [5.41, 5.74) is 4.82. The van der Waals surface area contributed by atoms with Crippen LogP contribution in [-0.4, -0.2) is 72.2 Å². The number of hydrogen-bond acceptors (Lipinski definition) is 9. The van der Waals surface area contributed by atoms with Crippen LogP contribution in [0.2, 0.25) is 0 Å². The van der Waals surface area contributed by atoms with Gasteiger partial charge >= 0.3 is 11.7 Å². The zero-order valence-electron chi connectivity index (χ0n) is 16.5. The highest BCUT2D eigenvalue weighted by atomic mass is 16.6. The molecule has 3 rings (SSSR count). The van der Waals surface area contributed by atoms with Crippen molar-refractivity contribution in [3.05, 3.63) is 62.9 Å². The number of carboxylic acid groups (broad SMARTS) is 1. The number of carboxylic acids is 1. The Morgan fingerprint density at radius 3 is 2.41 bits per heavy atom. The molecule has 1 fully saturated rings. The van der Waals surface area contributed by atoms with Gasteiger partial charge in [0.1, 0.15) is 24.1 Å². The number of aliphatic hydroxyl groups is 2. The highest BCUT2D eigenvalue weighted by molar-refractivity contribution is 5.87. The van der Waals surface area contributed by atoms with Gasteiger partial charge in [0, 0.05) is 12.3 Å². The summed E-state index contributed by atoms with van der Waals surface area (Å²) in [7, 11) is 0. The second kappa shape index (κ2) is 9.32. The van der Waals surface area contributed by atoms with Crippen LogP contribution in [0.3, 0.4) is 0 Å². The molecule has 0 unspecified atom stereocenters. The average Bonchev–Trinajstić information content (AvgIpc) is 3.02. The molecule has 0 spiro atoms. The molecule has 0 saturated carbocycles. The SMILES string of the molecule is N[C@@H](Cc1ccc(O)cc1)C(=O)N[C@H](C(=O)O)[C@H]1O[C@@H](n2ccc(=O)[nH]c2=O)[C@H](O)[C@H]1O. The zero-order chi connectivity index (χ0) is 23.6. The third kappa shape index (κ3) is 4.86. The number of benzene rings is 1. The summed E-state index contributed by atoms with van der Waals surface area (Å²) in [5, 5.41) is 41.7. The first-order valence-electron chi connectivity index (χ1n) is 9.48. The van der Waals surface area contributed by atoms with Crippen molar-refractivity contribution in [3.63, 3.8) is 0 Å². The van der Waals surface area contributed by atoms with Crippen molar-refractivity contribution in [2.24, 2.45) is 5.73 Å². The van der Waals surface area contributed by atoms with Crippen molar-refractivity contribution in [1.29, 1.82) is 0 Å². The van der Waals surface area contributed by atoms with Crippen LogP contribution in [0, 0.1) is 0 Å². The summed E-state index contributed by atoms with van der Waals surface area (Å²) in [5.74, 6) is -2.40. The topological polar surface area (TPSA) is 217 Å². The molecule has 1 aliphatic heterocycles. The predicted molar refractivity (Wildman–Crippen MR) is 107 cm³/mol. The van der Waals surface area contributed by atoms with E-state index < -0.39 is 59.7 Å². The number of hydrogen-bond donors (Lipinski definition) is 7. The molecule has 0 bridgehead atoms. The highest BCUT2D eigenvalue weighted by Crippen LogP contribution is 2.30. The molecule has 172 valence electrons. The van der Waals surface area contributed by atoms with Gasteiger partial charge in [0.25, 0.3) is 5.56 Å². The van der Waals surface area contributed by atoms with E-state index in [1.165, 1.54) is 12.1 Å². The molecule has 32 heavy (non-hydrogen) atoms. The minimum absolute atomic E-state index is 0.0276. The van der Waals surface area contributed by atoms with Gasteiger partial charge in [-0.3, -0.25) is 19.1 Å². The number of amides is 1. The summed E-state index contributed by atoms with van der Waals surface area (Å²) < 4.78 is 6.19. The van der Waals surface area contributed by atoms with Crippen molar-refractivity contribution in [2.45, 2.75) is 43.0 Å². The summed E-state index contributed by atoms with van der Waals surface area (Å²) in [6.45, 7) is 0. The van der Waals surface area contributed by atoms with Crippen molar-refractivity contribution in [1.82, 2.24) is 14.9 Å². The van der Waals surface area contributed by atoms with Crippen molar-refractivity contribution < 1.29 is 34.8 Å². The first kappa shape index (κ1) is 23.1. The molecule has 2 heterocycles. The van der Waals surface area contributed by atoms with Crippen molar-refractivity contribution >= 4 is 11.9 Å². The van der Waals surface area contributed by atoms with Crippen molar-refractivity contribution in [3.8, 4) is 5.75 Å². The number of nitrogens with one attached hydrogen (secondary N) is 2. The summed E-state index contributed by atoms with van der Waals surface area (Å²) >= 11 is 0. The summed E-state index contributed by atoms with van der Waals surface area (Å²) in [4.78, 5) is 49.4. The van der Waals surface area contributed by atoms with Gasteiger partial charge in [0.2, 0.25) is 5.91 Å². The van der Waals surface area contributed by atoms with Gasteiger partial charge in [-0.2, -0.15) is 0 Å². The predicted octanol–water partition coefficient (Wildman–Crippen LogP) is -3.00. The monoisotopic (exact) mass is 450 g/mol. The lowest BCUT2D eigenvalue weighted by Gasteiger charge is -2.24. The van der Waals surface area contributed by atoms with E-state index in [1.807, 2.05) is 4.98 Å². The summed E-state index contributed by atoms with van der Waals surface area (Å²) in [6, 6.07) is 3.92. The lowest BCUT2D eigenvalue weighted by atomic mass is 10.0. The molecular weight excluding hydrogens is 428 g/mol. The van der Waals surface area contributed by atoms with Crippen LogP contribution in [0.4, 0.5) is 0 Å². The van der Waals surface area contributed by atoms with E-state index in [-0.39, 0.29) is 12.2 Å². The quantitative estimate of drug-likeness (QED) is 0.227. The van der Waals surface area contributed by atoms with Crippen LogP contribution in [0.1, 0.15) is 11.8 Å². The van der Waals surface area contributed by atoms with Gasteiger partial charge in [-0.1, -0.05) is 12.1 Å². The number of rotatable bonds is 7. The number of carbonyl (C=O) groups excluding carboxylic acids is 1. The second-order valence-corrected chi connectivity index (χ2v) is 7.29. The van der Waals surface area contributed by atoms with E-state index >= 15 is 0 Å². The number of aromatic nitrogens is 2. The minimum Gasteiger partial charge on any atom is -0.508 e. The van der Waals surface area contributed by atoms with E-state index in [2.05, 4.69) is 5.32 Å². The third-order valence-corrected chi connectivity index (χ3v) is 5.02. The Labute approximate surface area is 179 Å². The zero-order valence-corrected chi connectivity index (χ0v) is 16.5. The third-order valence-electron chi connectivity index (χ3n) is 5.02. The van der Waals surface area contributed by atoms with Gasteiger partial charge in [-0.15, -0.1) is 0 Å². The van der Waals surface area contributed by atoms with Crippen LogP contribution in [0.5, 0.6) is 5.75 Å². The lowest BCUT2D eigenvalue weighted by Crippen LogP contribution is -2.56. The Bertz CT molecular complexity index is 1100. The first-order valence-corrected chi connectivity index (χ1v) is 9.48. The maximum absolute atomic E-state index is 12.5. The Morgan fingerprint density at radius 1 is 1.16 bits per heavy atom. The number of aliphatic hydroxyl groups excluding tert-OH is 2. The Balaban J connectivity index is 1.75. The molecule has 1 aromatic heterocycles. The van der Waals surface area contributed by atoms with Gasteiger partial charge in [0.15, 0.2) is 12.3 Å². The van der Waals surface area contributed by atoms with Gasteiger partial charge < -0.3 is 36.2 Å². The van der Waals surface area contributed by atoms with E-state index in [0.29, 0.717) is 5.56 Å². The van der Waals surface area contributed by atoms with E-state index in [9.17, 15) is 39.6 Å². The molecule has 0 aliphatic carbocycles. The normalized spacial score (nSPS) is 24.6. The number of nitrogens with zero attached hydrogens (tertiary/aromatic N) is 1. The number of aliphatic carboxylic acids is 1. The van der Waals surface area contributed by atoms with Gasteiger partial charge in [0.05, 0.1) is 6.04 Å². The van der Waals surface area contributed by atoms with Crippen LogP contribution >= 0.6 is 0 Å². The number of phenolic OH excluding ortho intramolecular Hbond substituents is 1. The molecular formula is C19H22N4O9. The average molecular weight is 450 g/mol. The van der Waals surface area contributed by atoms with Gasteiger partial charge in [-0.05, 0) is 24.1 Å². The molecule has 2 aromatic rings. The number of aromatic hydroxyl groups is 1. The molecule has 1 aromatic carbocycles. The Morgan fingerprint density at radius 2 is 1.81 bits per heavy atom. The van der Waals surface area contributed by atoms with E-state index in [1.54, 1.807) is 12.1 Å². The lowest BCUT2D eigenvalue weighted by molar-refractivity contribution is -0.149. The van der Waals surface area contributed by atoms with Crippen LogP contribution in [0.25, 0.3) is 0 Å². The number of phenols is 1. The maximum atomic E-state index is 12.5. The van der Waals surface area contributed by atoms with Crippen LogP contribution in [-0.2, 0) is 20.7 Å². The number of ether oxygens (including phenoxy) is 1. The Kier molecular flexibility index (Phi) is 6.74. The summed E-state index contributed by atoms with van der Waals surface area (Å²) in [6.07, 6.45) is -5.60. The molecule has 1 saturated heterocycles. The molecule has 8 N–H and O–H groups in total. The standard InChI is InChI=1S/C19H22N4O9/c20-10(7-8-1-3-9(24)4-2-8)16(28)22-12(18(29)30)15-13(26)14(27)17(32-15)23-6-5-11(25)21-19(23)31/h1-6,10,12-15,17,24,26-27H,7,20H2,(H,22,28)(H,29,30)(H,21,25,31)/t10-,12-,13+,14+,15+,17+/m0/s1. The number of carbonyl (C=O) groups is 2. The highest BCUT2D eigenvalue weighted by Gasteiger charge is 2.50. The largest absolute Gasteiger partial charge is 0.508 e. The molecule has 13 heteroatoms. The fourth-order valence-corrected chi connectivity index (χ4v) is 3.34. The van der Waals surface area contributed by atoms with E-state index in [4.69, 9.17) is 10.5 Å². The molecule has 13 nitrogen and oxygen atoms in total. The molecule has 1 amide bonds. The minimum atomic E-state index is -1.80. The van der Waals surface area contributed by atoms with Crippen molar-refractivity contribution in [2.75, 3.05) is 0 Å².